The molecule has 3 aromatic carbocycles. The van der Waals surface area contributed by atoms with Crippen molar-refractivity contribution in [1.29, 1.82) is 0 Å². The maximum Gasteiger partial charge on any atom is 0.345 e. The lowest BCUT2D eigenvalue weighted by atomic mass is 10.1. The molecule has 41 heavy (non-hydrogen) atoms. The Balaban J connectivity index is 1.57. The molecule has 0 atom stereocenters. The Morgan fingerprint density at radius 2 is 1.80 bits per heavy atom. The molecule has 0 aliphatic carbocycles. The van der Waals surface area contributed by atoms with E-state index in [1.165, 1.54) is 11.3 Å². The number of thiazole rings is 1. The number of fused-ring (bicyclic) bond motifs is 1. The molecule has 10 heteroatoms. The van der Waals surface area contributed by atoms with Crippen LogP contribution in [0.15, 0.2) is 106 Å². The molecular formula is C31H21Br2N3O4S. The van der Waals surface area contributed by atoms with E-state index in [9.17, 15) is 4.79 Å². The number of halogens is 2. The summed E-state index contributed by atoms with van der Waals surface area (Å²) in [6.45, 7) is 1.86. The van der Waals surface area contributed by atoms with Crippen molar-refractivity contribution in [3.05, 3.63) is 119 Å². The van der Waals surface area contributed by atoms with E-state index in [0.717, 1.165) is 26.9 Å². The van der Waals surface area contributed by atoms with Crippen LogP contribution in [-0.4, -0.2) is 16.8 Å². The Bertz CT molecular complexity index is 2040. The van der Waals surface area contributed by atoms with Gasteiger partial charge in [-0.25, -0.2) is 9.79 Å². The minimum absolute atomic E-state index is 0.388. The van der Waals surface area contributed by atoms with E-state index >= 15 is 0 Å². The molecule has 0 unspecified atom stereocenters. The van der Waals surface area contributed by atoms with Gasteiger partial charge in [0.05, 0.1) is 28.5 Å². The minimum Gasteiger partial charge on any atom is -0.497 e. The summed E-state index contributed by atoms with van der Waals surface area (Å²) in [4.78, 5) is 18.9. The van der Waals surface area contributed by atoms with E-state index in [1.807, 2.05) is 102 Å². The second-order valence-corrected chi connectivity index (χ2v) is 11.6. The first-order valence-electron chi connectivity index (χ1n) is 12.4. The number of aryl methyl sites for hydroxylation is 1. The van der Waals surface area contributed by atoms with Crippen LogP contribution in [0.4, 0.5) is 5.69 Å². The van der Waals surface area contributed by atoms with Gasteiger partial charge in [0.15, 0.2) is 16.1 Å². The third-order valence-corrected chi connectivity index (χ3v) is 8.21. The molecule has 7 nitrogen and oxygen atoms in total. The molecule has 0 saturated heterocycles. The van der Waals surface area contributed by atoms with Crippen LogP contribution < -0.4 is 15.2 Å². The van der Waals surface area contributed by atoms with Gasteiger partial charge in [-0.15, -0.1) is 11.3 Å². The lowest BCUT2D eigenvalue weighted by Crippen LogP contribution is -2.17. The Morgan fingerprint density at radius 1 is 1.02 bits per heavy atom. The number of aromatic nitrogens is 2. The molecule has 3 aromatic heterocycles. The zero-order valence-corrected chi connectivity index (χ0v) is 25.8. The lowest BCUT2D eigenvalue weighted by molar-refractivity contribution is 0.408. The van der Waals surface area contributed by atoms with Crippen LogP contribution >= 0.6 is 43.2 Å². The molecule has 204 valence electrons. The number of para-hydroxylation sites is 1. The van der Waals surface area contributed by atoms with Crippen LogP contribution in [-0.2, 0) is 0 Å². The highest BCUT2D eigenvalue weighted by atomic mass is 79.9. The smallest absolute Gasteiger partial charge is 0.345 e. The summed E-state index contributed by atoms with van der Waals surface area (Å²) in [5.41, 5.74) is 4.06. The fraction of sp³-hybridized carbons (Fsp3) is 0.0645. The molecule has 6 rings (SSSR count). The van der Waals surface area contributed by atoms with E-state index in [4.69, 9.17) is 18.7 Å². The van der Waals surface area contributed by atoms with Crippen LogP contribution in [0.5, 0.6) is 5.75 Å². The summed E-state index contributed by atoms with van der Waals surface area (Å²) in [6, 6.07) is 22.9. The molecule has 0 radical (unpaired) electrons. The lowest BCUT2D eigenvalue weighted by Gasteiger charge is -2.09. The maximum atomic E-state index is 13.4. The largest absolute Gasteiger partial charge is 0.497 e. The number of ether oxygens (including phenoxy) is 1. The highest BCUT2D eigenvalue weighted by molar-refractivity contribution is 9.11. The van der Waals surface area contributed by atoms with Crippen molar-refractivity contribution in [3.63, 3.8) is 0 Å². The molecule has 0 aliphatic heterocycles. The van der Waals surface area contributed by atoms with Gasteiger partial charge in [-0.2, -0.15) is 0 Å². The Labute approximate surface area is 255 Å². The SMILES string of the molecule is COc1ccc(/C=C/c2onc(C)c2-n2c(-c3cc4cc(Br)cc(Br)c4oc3=O)csc2=Nc2ccccc2)cc1. The van der Waals surface area contributed by atoms with Gasteiger partial charge in [0.25, 0.3) is 0 Å². The van der Waals surface area contributed by atoms with Crippen molar-refractivity contribution in [2.45, 2.75) is 6.92 Å². The topological polar surface area (TPSA) is 82.8 Å². The Hall–Kier alpha value is -3.99. The molecule has 6 aromatic rings. The maximum absolute atomic E-state index is 13.4. The van der Waals surface area contributed by atoms with E-state index in [1.54, 1.807) is 7.11 Å². The third-order valence-electron chi connectivity index (χ3n) is 6.34. The van der Waals surface area contributed by atoms with Gasteiger partial charge >= 0.3 is 5.63 Å². The van der Waals surface area contributed by atoms with Gasteiger partial charge in [-0.1, -0.05) is 57.5 Å². The summed E-state index contributed by atoms with van der Waals surface area (Å²) in [7, 11) is 1.63. The van der Waals surface area contributed by atoms with Gasteiger partial charge in [0.1, 0.15) is 17.1 Å². The first-order valence-corrected chi connectivity index (χ1v) is 14.9. The zero-order valence-electron chi connectivity index (χ0n) is 21.8. The number of nitrogens with zero attached hydrogens (tertiary/aromatic N) is 3. The van der Waals surface area contributed by atoms with E-state index in [0.29, 0.717) is 43.3 Å². The van der Waals surface area contributed by atoms with Crippen LogP contribution in [0, 0.1) is 6.92 Å². The fourth-order valence-corrected chi connectivity index (χ4v) is 6.63. The van der Waals surface area contributed by atoms with E-state index < -0.39 is 5.63 Å². The standard InChI is InChI=1S/C31H21Br2N3O4S/c1-18-28(27(40-35-18)13-10-19-8-11-23(38-2)12-9-19)36-26(17-41-31(36)34-22-6-4-3-5-7-22)24-15-20-14-21(32)16-25(33)29(20)39-30(24)37/h3-17H,1-2H3/b13-10+,34-31?. The van der Waals surface area contributed by atoms with Gasteiger partial charge < -0.3 is 13.7 Å². The summed E-state index contributed by atoms with van der Waals surface area (Å²) in [5, 5.41) is 6.94. The van der Waals surface area contributed by atoms with Crippen molar-refractivity contribution >= 4 is 72.0 Å². The van der Waals surface area contributed by atoms with Crippen molar-refractivity contribution in [3.8, 4) is 22.7 Å². The summed E-state index contributed by atoms with van der Waals surface area (Å²) in [6.07, 6.45) is 3.79. The number of methoxy groups -OCH3 is 1. The van der Waals surface area contributed by atoms with Gasteiger partial charge in [0.2, 0.25) is 0 Å². The Morgan fingerprint density at radius 3 is 2.56 bits per heavy atom. The predicted molar refractivity (Wildman–Crippen MR) is 169 cm³/mol. The average molecular weight is 691 g/mol. The fourth-order valence-electron chi connectivity index (χ4n) is 4.39. The van der Waals surface area contributed by atoms with Gasteiger partial charge in [-0.3, -0.25) is 4.57 Å². The molecule has 0 amide bonds. The van der Waals surface area contributed by atoms with E-state index in [2.05, 4.69) is 37.0 Å². The molecule has 0 saturated carbocycles. The van der Waals surface area contributed by atoms with Crippen molar-refractivity contribution in [2.24, 2.45) is 4.99 Å². The Kier molecular flexibility index (Phi) is 7.61. The zero-order chi connectivity index (χ0) is 28.5. The van der Waals surface area contributed by atoms with Crippen LogP contribution in [0.3, 0.4) is 0 Å². The highest BCUT2D eigenvalue weighted by Crippen LogP contribution is 2.32. The van der Waals surface area contributed by atoms with Gasteiger partial charge in [0, 0.05) is 15.2 Å². The van der Waals surface area contributed by atoms with Crippen molar-refractivity contribution in [1.82, 2.24) is 9.72 Å². The summed E-state index contributed by atoms with van der Waals surface area (Å²) < 4.78 is 20.3. The molecule has 0 aliphatic rings. The number of hydrogen-bond acceptors (Lipinski definition) is 7. The molecule has 0 spiro atoms. The number of hydrogen-bond donors (Lipinski definition) is 0. The molecule has 0 fully saturated rings. The molecule has 0 N–H and O–H groups in total. The summed E-state index contributed by atoms with van der Waals surface area (Å²) >= 11 is 8.44. The number of rotatable bonds is 6. The normalized spacial score (nSPS) is 12.0. The third kappa shape index (κ3) is 5.50. The molecule has 3 heterocycles. The predicted octanol–water partition coefficient (Wildman–Crippen LogP) is 8.55. The molecular weight excluding hydrogens is 670 g/mol. The van der Waals surface area contributed by atoms with Crippen LogP contribution in [0.25, 0.3) is 40.1 Å². The van der Waals surface area contributed by atoms with E-state index in [-0.39, 0.29) is 0 Å². The second kappa shape index (κ2) is 11.5. The second-order valence-electron chi connectivity index (χ2n) is 9.03. The number of benzene rings is 3. The summed E-state index contributed by atoms with van der Waals surface area (Å²) in [5.74, 6) is 1.29. The minimum atomic E-state index is -0.470. The van der Waals surface area contributed by atoms with Crippen LogP contribution in [0.2, 0.25) is 0 Å². The quantitative estimate of drug-likeness (QED) is 0.164. The van der Waals surface area contributed by atoms with Crippen molar-refractivity contribution in [2.75, 3.05) is 7.11 Å². The van der Waals surface area contributed by atoms with Crippen LogP contribution in [0.1, 0.15) is 17.0 Å². The van der Waals surface area contributed by atoms with Gasteiger partial charge in [-0.05, 0) is 77.0 Å². The monoisotopic (exact) mass is 689 g/mol. The molecule has 0 bridgehead atoms. The average Bonchev–Trinajstić information content (AvgIpc) is 3.54. The van der Waals surface area contributed by atoms with Crippen molar-refractivity contribution < 1.29 is 13.7 Å². The highest BCUT2D eigenvalue weighted by Gasteiger charge is 2.22. The first-order chi connectivity index (χ1) is 19.9. The first kappa shape index (κ1) is 27.2.